The third kappa shape index (κ3) is 4.06. The van der Waals surface area contributed by atoms with E-state index in [-0.39, 0.29) is 21.8 Å². The number of hydrogen-bond acceptors (Lipinski definition) is 5. The van der Waals surface area contributed by atoms with E-state index in [1.165, 1.54) is 12.1 Å². The minimum absolute atomic E-state index is 0.0857. The second kappa shape index (κ2) is 7.96. The summed E-state index contributed by atoms with van der Waals surface area (Å²) in [5.74, 6) is -9.37. The second-order valence-electron chi connectivity index (χ2n) is 6.12. The molecule has 0 aliphatic rings. The molecule has 0 fully saturated rings. The largest absolute Gasteiger partial charge is 0.478 e. The Morgan fingerprint density at radius 1 is 1.22 bits per heavy atom. The van der Waals surface area contributed by atoms with Crippen LogP contribution in [0.2, 0.25) is 5.02 Å². The van der Waals surface area contributed by atoms with Gasteiger partial charge in [-0.25, -0.2) is 9.48 Å². The number of alkyl halides is 7. The van der Waals surface area contributed by atoms with Gasteiger partial charge in [-0.15, -0.1) is 5.10 Å². The lowest BCUT2D eigenvalue weighted by atomic mass is 10.1. The normalized spacial score (nSPS) is 12.4. The van der Waals surface area contributed by atoms with Gasteiger partial charge in [0.25, 0.3) is 0 Å². The zero-order valence-corrected chi connectivity index (χ0v) is 16.2. The van der Waals surface area contributed by atoms with Crippen LogP contribution in [0.25, 0.3) is 17.1 Å². The van der Waals surface area contributed by atoms with E-state index in [0.29, 0.717) is 9.36 Å². The monoisotopic (exact) mass is 487 g/mol. The number of halogens is 8. The van der Waals surface area contributed by atoms with Gasteiger partial charge in [-0.2, -0.15) is 40.5 Å². The number of aromatic carboxylic acids is 1. The van der Waals surface area contributed by atoms with Crippen LogP contribution in [0.5, 0.6) is 5.75 Å². The highest BCUT2D eigenvalue weighted by atomic mass is 35.5. The highest BCUT2D eigenvalue weighted by Crippen LogP contribution is 2.48. The Hall–Kier alpha value is -3.36. The van der Waals surface area contributed by atoms with Crippen molar-refractivity contribution in [2.75, 3.05) is 0 Å². The first-order valence-electron chi connectivity index (χ1n) is 8.16. The Morgan fingerprint density at radius 2 is 1.88 bits per heavy atom. The average Bonchev–Trinajstić information content (AvgIpc) is 3.25. The fraction of sp³-hybridized carbons (Fsp3) is 0.250. The van der Waals surface area contributed by atoms with Crippen LogP contribution < -0.4 is 4.74 Å². The molecule has 8 nitrogen and oxygen atoms in total. The number of carbonyl (C=O) groups is 1. The van der Waals surface area contributed by atoms with Gasteiger partial charge in [-0.3, -0.25) is 0 Å². The van der Waals surface area contributed by atoms with E-state index >= 15 is 0 Å². The minimum Gasteiger partial charge on any atom is -0.478 e. The molecule has 2 aromatic heterocycles. The van der Waals surface area contributed by atoms with Crippen LogP contribution >= 0.6 is 11.6 Å². The van der Waals surface area contributed by atoms with E-state index in [2.05, 4.69) is 20.1 Å². The van der Waals surface area contributed by atoms with Crippen molar-refractivity contribution in [2.45, 2.75) is 18.7 Å². The van der Waals surface area contributed by atoms with Gasteiger partial charge in [0.1, 0.15) is 5.69 Å². The number of rotatable bonds is 6. The van der Waals surface area contributed by atoms with E-state index < -0.39 is 41.9 Å². The van der Waals surface area contributed by atoms with Crippen LogP contribution in [-0.4, -0.2) is 48.6 Å². The highest BCUT2D eigenvalue weighted by Gasteiger charge is 2.62. The summed E-state index contributed by atoms with van der Waals surface area (Å²) in [6, 6.07) is 3.64. The highest BCUT2D eigenvalue weighted by molar-refractivity contribution is 6.33. The lowest BCUT2D eigenvalue weighted by Crippen LogP contribution is -2.34. The molecule has 0 aliphatic carbocycles. The molecule has 1 N–H and O–H groups in total. The van der Waals surface area contributed by atoms with Gasteiger partial charge in [0.15, 0.2) is 17.3 Å². The van der Waals surface area contributed by atoms with E-state index in [1.54, 1.807) is 0 Å². The predicted octanol–water partition coefficient (Wildman–Crippen LogP) is 4.27. The molecule has 16 heteroatoms. The summed E-state index contributed by atoms with van der Waals surface area (Å²) in [4.78, 5) is 11.2. The van der Waals surface area contributed by atoms with Crippen molar-refractivity contribution < 1.29 is 45.4 Å². The van der Waals surface area contributed by atoms with Gasteiger partial charge < -0.3 is 9.84 Å². The van der Waals surface area contributed by atoms with Crippen molar-refractivity contribution in [2.24, 2.45) is 7.05 Å². The molecule has 3 rings (SSSR count). The van der Waals surface area contributed by atoms with Crippen LogP contribution in [0.15, 0.2) is 24.4 Å². The molecular weight excluding hydrogens is 479 g/mol. The minimum atomic E-state index is -6.15. The molecule has 3 aromatic rings. The third-order valence-electron chi connectivity index (χ3n) is 4.04. The summed E-state index contributed by atoms with van der Waals surface area (Å²) in [5.41, 5.74) is -2.37. The summed E-state index contributed by atoms with van der Waals surface area (Å²) in [7, 11) is 0.899. The van der Waals surface area contributed by atoms with Crippen molar-refractivity contribution >= 4 is 17.6 Å². The van der Waals surface area contributed by atoms with E-state index in [9.17, 15) is 35.5 Å². The number of carboxylic acid groups (broad SMARTS) is 1. The molecule has 0 atom stereocenters. The quantitative estimate of drug-likeness (QED) is 0.522. The molecular formula is C16H9ClF7N5O3. The molecule has 0 aliphatic heterocycles. The van der Waals surface area contributed by atoms with Gasteiger partial charge >= 0.3 is 24.7 Å². The van der Waals surface area contributed by atoms with Gasteiger partial charge in [0.2, 0.25) is 0 Å². The first-order valence-corrected chi connectivity index (χ1v) is 8.54. The van der Waals surface area contributed by atoms with E-state index in [1.807, 2.05) is 0 Å². The molecule has 0 bridgehead atoms. The number of nitrogens with zero attached hydrogens (tertiary/aromatic N) is 5. The fourth-order valence-corrected chi connectivity index (χ4v) is 2.83. The summed E-state index contributed by atoms with van der Waals surface area (Å²) in [5, 5.41) is 19.2. The molecule has 2 heterocycles. The van der Waals surface area contributed by atoms with Gasteiger partial charge in [-0.05, 0) is 12.1 Å². The van der Waals surface area contributed by atoms with Crippen molar-refractivity contribution in [1.29, 1.82) is 0 Å². The van der Waals surface area contributed by atoms with Crippen molar-refractivity contribution in [3.05, 3.63) is 40.7 Å². The topological polar surface area (TPSA) is 95.1 Å². The summed E-state index contributed by atoms with van der Waals surface area (Å²) < 4.78 is 96.7. The van der Waals surface area contributed by atoms with Crippen molar-refractivity contribution in [3.8, 4) is 22.8 Å². The maximum atomic E-state index is 13.9. The van der Waals surface area contributed by atoms with Crippen LogP contribution in [0.3, 0.4) is 0 Å². The van der Waals surface area contributed by atoms with Crippen LogP contribution in [0.1, 0.15) is 16.1 Å². The lowest BCUT2D eigenvalue weighted by molar-refractivity contribution is -0.291. The molecule has 0 spiro atoms. The van der Waals surface area contributed by atoms with Gasteiger partial charge in [0, 0.05) is 12.6 Å². The lowest BCUT2D eigenvalue weighted by Gasteiger charge is -2.18. The molecule has 172 valence electrons. The summed E-state index contributed by atoms with van der Waals surface area (Å²) >= 11 is 5.77. The third-order valence-corrected chi connectivity index (χ3v) is 4.37. The summed E-state index contributed by atoms with van der Waals surface area (Å²) in [6.45, 7) is -3.77. The Balaban J connectivity index is 2.15. The Bertz CT molecular complexity index is 1180. The smallest absolute Gasteiger partial charge is 0.459 e. The number of aryl methyl sites for hydroxylation is 1. The molecule has 0 unspecified atom stereocenters. The number of ether oxygens (including phenoxy) is 1. The summed E-state index contributed by atoms with van der Waals surface area (Å²) in [6.07, 6.45) is -5.19. The molecule has 32 heavy (non-hydrogen) atoms. The number of benzene rings is 1. The maximum absolute atomic E-state index is 13.9. The molecule has 0 radical (unpaired) electrons. The first kappa shape index (κ1) is 23.3. The Labute approximate surface area is 177 Å². The van der Waals surface area contributed by atoms with E-state index in [0.717, 1.165) is 19.3 Å². The number of hydrogen-bond donors (Lipinski definition) is 1. The molecule has 0 saturated heterocycles. The Kier molecular flexibility index (Phi) is 5.80. The van der Waals surface area contributed by atoms with Gasteiger partial charge in [0.05, 0.1) is 16.8 Å². The molecule has 0 saturated carbocycles. The SMILES string of the molecule is Cn1nc(C(F)(F)C(F)(F)F)c(OC(F)F)c1-n1cc(-c2ccc(Cl)c(C(=O)O)c2)nn1. The van der Waals surface area contributed by atoms with Gasteiger partial charge in [-0.1, -0.05) is 22.9 Å². The van der Waals surface area contributed by atoms with Crippen LogP contribution in [0.4, 0.5) is 30.7 Å². The second-order valence-corrected chi connectivity index (χ2v) is 6.53. The van der Waals surface area contributed by atoms with E-state index in [4.69, 9.17) is 16.7 Å². The zero-order chi connectivity index (χ0) is 24.0. The van der Waals surface area contributed by atoms with Crippen molar-refractivity contribution in [3.63, 3.8) is 0 Å². The fourth-order valence-electron chi connectivity index (χ4n) is 2.63. The zero-order valence-electron chi connectivity index (χ0n) is 15.4. The number of aromatic nitrogens is 5. The average molecular weight is 488 g/mol. The number of carboxylic acids is 1. The Morgan fingerprint density at radius 3 is 2.44 bits per heavy atom. The first-order chi connectivity index (χ1) is 14.7. The standard InChI is InChI=1S/C16H9ClF7N5O3/c1-28-12(10(32-14(18)19)11(26-28)15(20,21)16(22,23)24)29-5-9(25-27-29)6-2-3-8(17)7(4-6)13(30)31/h2-5,14H,1H3,(H,30,31). The maximum Gasteiger partial charge on any atom is 0.459 e. The van der Waals surface area contributed by atoms with Crippen molar-refractivity contribution in [1.82, 2.24) is 24.8 Å². The van der Waals surface area contributed by atoms with Crippen LogP contribution in [-0.2, 0) is 13.0 Å². The molecule has 0 amide bonds. The van der Waals surface area contributed by atoms with Crippen LogP contribution in [0, 0.1) is 0 Å². The molecule has 1 aromatic carbocycles. The predicted molar refractivity (Wildman–Crippen MR) is 92.1 cm³/mol.